The van der Waals surface area contributed by atoms with Crippen LogP contribution in [0.5, 0.6) is 0 Å². The van der Waals surface area contributed by atoms with Crippen LogP contribution in [0.3, 0.4) is 0 Å². The summed E-state index contributed by atoms with van der Waals surface area (Å²) in [5, 5.41) is 0. The Bertz CT molecular complexity index is 337. The van der Waals surface area contributed by atoms with Crippen molar-refractivity contribution in [2.45, 2.75) is 38.5 Å². The third-order valence-corrected chi connectivity index (χ3v) is 4.65. The van der Waals surface area contributed by atoms with Crippen LogP contribution in [0, 0.1) is 35.0 Å². The van der Waals surface area contributed by atoms with Crippen molar-refractivity contribution < 1.29 is 9.53 Å². The second-order valence-electron chi connectivity index (χ2n) is 5.94. The number of rotatable bonds is 0. The van der Waals surface area contributed by atoms with Gasteiger partial charge in [-0.1, -0.05) is 5.92 Å². The zero-order chi connectivity index (χ0) is 11.2. The second-order valence-corrected chi connectivity index (χ2v) is 5.94. The van der Waals surface area contributed by atoms with Gasteiger partial charge in [-0.3, -0.25) is 0 Å². The minimum absolute atomic E-state index is 0.170. The van der Waals surface area contributed by atoms with E-state index < -0.39 is 0 Å². The fourth-order valence-corrected chi connectivity index (χ4v) is 4.50. The van der Waals surface area contributed by atoms with Crippen molar-refractivity contribution in [3.8, 4) is 11.8 Å². The molecule has 0 N–H and O–H groups in total. The summed E-state index contributed by atoms with van der Waals surface area (Å²) in [6.07, 6.45) is 7.92. The van der Waals surface area contributed by atoms with Gasteiger partial charge in [-0.05, 0) is 56.3 Å². The third-order valence-electron chi connectivity index (χ3n) is 4.65. The lowest BCUT2D eigenvalue weighted by molar-refractivity contribution is -0.133. The maximum atomic E-state index is 11.1. The van der Waals surface area contributed by atoms with E-state index in [1.54, 1.807) is 0 Å². The molecule has 0 aromatic carbocycles. The molecule has 0 heterocycles. The molecule has 0 radical (unpaired) electrons. The summed E-state index contributed by atoms with van der Waals surface area (Å²) in [6.45, 7) is 0. The number of ether oxygens (including phenoxy) is 1. The Morgan fingerprint density at radius 3 is 2.06 bits per heavy atom. The number of esters is 1. The predicted octanol–water partition coefficient (Wildman–Crippen LogP) is 2.38. The topological polar surface area (TPSA) is 26.3 Å². The van der Waals surface area contributed by atoms with Gasteiger partial charge in [0.1, 0.15) is 0 Å². The van der Waals surface area contributed by atoms with E-state index in [4.69, 9.17) is 0 Å². The molecule has 4 bridgehead atoms. The lowest BCUT2D eigenvalue weighted by Crippen LogP contribution is -2.45. The Morgan fingerprint density at radius 1 is 1.12 bits per heavy atom. The van der Waals surface area contributed by atoms with Crippen molar-refractivity contribution in [3.63, 3.8) is 0 Å². The number of methoxy groups -OCH3 is 1. The standard InChI is InChI=1S/C14H18O2/c1-16-13(15)2-3-14-7-10-4-11(8-14)6-12(5-10)9-14/h10-12H,4-9H2,1H3. The molecular weight excluding hydrogens is 200 g/mol. The highest BCUT2D eigenvalue weighted by molar-refractivity contribution is 5.88. The number of carbonyl (C=O) groups excluding carboxylic acids is 1. The minimum atomic E-state index is -0.379. The summed E-state index contributed by atoms with van der Waals surface area (Å²) in [4.78, 5) is 11.1. The van der Waals surface area contributed by atoms with Crippen molar-refractivity contribution in [3.05, 3.63) is 0 Å². The third kappa shape index (κ3) is 1.63. The first-order valence-corrected chi connectivity index (χ1v) is 6.30. The molecule has 16 heavy (non-hydrogen) atoms. The molecule has 4 saturated carbocycles. The van der Waals surface area contributed by atoms with Crippen LogP contribution in [-0.4, -0.2) is 13.1 Å². The van der Waals surface area contributed by atoms with Crippen LogP contribution in [-0.2, 0) is 9.53 Å². The lowest BCUT2D eigenvalue weighted by atomic mass is 9.50. The van der Waals surface area contributed by atoms with Gasteiger partial charge in [-0.2, -0.15) is 0 Å². The largest absolute Gasteiger partial charge is 0.459 e. The highest BCUT2D eigenvalue weighted by Crippen LogP contribution is 2.59. The summed E-state index contributed by atoms with van der Waals surface area (Å²) < 4.78 is 4.60. The normalized spacial score (nSPS) is 43.7. The highest BCUT2D eigenvalue weighted by Gasteiger charge is 2.50. The Hall–Kier alpha value is -0.970. The Kier molecular flexibility index (Phi) is 2.24. The van der Waals surface area contributed by atoms with Crippen molar-refractivity contribution in [1.82, 2.24) is 0 Å². The molecule has 0 saturated heterocycles. The number of carbonyl (C=O) groups is 1. The van der Waals surface area contributed by atoms with Gasteiger partial charge in [0.25, 0.3) is 0 Å². The van der Waals surface area contributed by atoms with Gasteiger partial charge in [0.2, 0.25) is 0 Å². The van der Waals surface area contributed by atoms with Crippen molar-refractivity contribution in [2.75, 3.05) is 7.11 Å². The van der Waals surface area contributed by atoms with Gasteiger partial charge in [-0.25, -0.2) is 4.79 Å². The molecule has 0 spiro atoms. The van der Waals surface area contributed by atoms with Gasteiger partial charge >= 0.3 is 5.97 Å². The summed E-state index contributed by atoms with van der Waals surface area (Å²) in [7, 11) is 1.40. The quantitative estimate of drug-likeness (QED) is 0.354. The molecule has 0 amide bonds. The summed E-state index contributed by atoms with van der Waals surface area (Å²) in [5.41, 5.74) is 0.170. The zero-order valence-electron chi connectivity index (χ0n) is 9.79. The summed E-state index contributed by atoms with van der Waals surface area (Å²) in [5.74, 6) is 8.21. The SMILES string of the molecule is COC(=O)C#CC12CC3CC(CC(C3)C1)C2. The van der Waals surface area contributed by atoms with E-state index in [2.05, 4.69) is 16.6 Å². The molecule has 0 unspecified atom stereocenters. The fraction of sp³-hybridized carbons (Fsp3) is 0.786. The highest BCUT2D eigenvalue weighted by atomic mass is 16.5. The van der Waals surface area contributed by atoms with Crippen LogP contribution in [0.4, 0.5) is 0 Å². The Morgan fingerprint density at radius 2 is 1.62 bits per heavy atom. The Labute approximate surface area is 96.7 Å². The van der Waals surface area contributed by atoms with Gasteiger partial charge < -0.3 is 4.74 Å². The molecule has 2 heteroatoms. The molecular formula is C14H18O2. The van der Waals surface area contributed by atoms with Crippen LogP contribution in [0.15, 0.2) is 0 Å². The first-order chi connectivity index (χ1) is 7.69. The first kappa shape index (κ1) is 10.2. The van der Waals surface area contributed by atoms with E-state index in [0.29, 0.717) is 0 Å². The predicted molar refractivity (Wildman–Crippen MR) is 60.4 cm³/mol. The van der Waals surface area contributed by atoms with E-state index in [0.717, 1.165) is 17.8 Å². The van der Waals surface area contributed by atoms with Crippen molar-refractivity contribution in [2.24, 2.45) is 23.2 Å². The van der Waals surface area contributed by atoms with Crippen LogP contribution >= 0.6 is 0 Å². The molecule has 4 rings (SSSR count). The van der Waals surface area contributed by atoms with E-state index >= 15 is 0 Å². The van der Waals surface area contributed by atoms with E-state index in [1.165, 1.54) is 45.6 Å². The second kappa shape index (κ2) is 3.52. The maximum Gasteiger partial charge on any atom is 0.384 e. The van der Waals surface area contributed by atoms with E-state index in [1.807, 2.05) is 0 Å². The molecule has 0 aromatic heterocycles. The van der Waals surface area contributed by atoms with Gasteiger partial charge in [0.15, 0.2) is 0 Å². The van der Waals surface area contributed by atoms with Gasteiger partial charge in [0.05, 0.1) is 7.11 Å². The van der Waals surface area contributed by atoms with Crippen molar-refractivity contribution >= 4 is 5.97 Å². The van der Waals surface area contributed by atoms with Gasteiger partial charge in [0, 0.05) is 11.3 Å². The number of hydrogen-bond donors (Lipinski definition) is 0. The smallest absolute Gasteiger partial charge is 0.384 e. The van der Waals surface area contributed by atoms with E-state index in [9.17, 15) is 4.79 Å². The monoisotopic (exact) mass is 218 g/mol. The summed E-state index contributed by atoms with van der Waals surface area (Å²) >= 11 is 0. The molecule has 4 aliphatic carbocycles. The van der Waals surface area contributed by atoms with Crippen molar-refractivity contribution in [1.29, 1.82) is 0 Å². The molecule has 2 nitrogen and oxygen atoms in total. The number of hydrogen-bond acceptors (Lipinski definition) is 2. The van der Waals surface area contributed by atoms with Gasteiger partial charge in [-0.15, -0.1) is 0 Å². The average Bonchev–Trinajstić information content (AvgIpc) is 2.24. The van der Waals surface area contributed by atoms with Crippen LogP contribution in [0.1, 0.15) is 38.5 Å². The fourth-order valence-electron chi connectivity index (χ4n) is 4.50. The zero-order valence-corrected chi connectivity index (χ0v) is 9.79. The first-order valence-electron chi connectivity index (χ1n) is 6.30. The molecule has 4 fully saturated rings. The summed E-state index contributed by atoms with van der Waals surface area (Å²) in [6, 6.07) is 0. The van der Waals surface area contributed by atoms with Crippen LogP contribution in [0.2, 0.25) is 0 Å². The van der Waals surface area contributed by atoms with Crippen LogP contribution < -0.4 is 0 Å². The Balaban J connectivity index is 1.82. The molecule has 0 aliphatic heterocycles. The lowest BCUT2D eigenvalue weighted by Gasteiger charge is -2.54. The maximum absolute atomic E-state index is 11.1. The molecule has 86 valence electrons. The van der Waals surface area contributed by atoms with Crippen LogP contribution in [0.25, 0.3) is 0 Å². The van der Waals surface area contributed by atoms with E-state index in [-0.39, 0.29) is 11.4 Å². The molecule has 0 atom stereocenters. The molecule has 4 aliphatic rings. The minimum Gasteiger partial charge on any atom is -0.459 e. The molecule has 0 aromatic rings. The average molecular weight is 218 g/mol.